The van der Waals surface area contributed by atoms with E-state index in [1.807, 2.05) is 4.57 Å². The molecule has 0 bridgehead atoms. The molecule has 3 rings (SSSR count). The van der Waals surface area contributed by atoms with Crippen molar-refractivity contribution in [2.24, 2.45) is 0 Å². The maximum absolute atomic E-state index is 5.32. The summed E-state index contributed by atoms with van der Waals surface area (Å²) < 4.78 is 2.02. The van der Waals surface area contributed by atoms with E-state index in [1.165, 1.54) is 16.0 Å². The number of benzene rings is 1. The summed E-state index contributed by atoms with van der Waals surface area (Å²) in [5, 5.41) is 0.757. The van der Waals surface area contributed by atoms with Crippen LogP contribution in [0.25, 0.3) is 11.5 Å². The number of hydrogen-bond donors (Lipinski definition) is 0. The number of imidazole rings is 1. The van der Waals surface area contributed by atoms with Gasteiger partial charge in [-0.25, -0.2) is 15.0 Å². The molecule has 2 aliphatic rings. The van der Waals surface area contributed by atoms with Crippen LogP contribution in [0, 0.1) is 26.2 Å². The summed E-state index contributed by atoms with van der Waals surface area (Å²) in [6, 6.07) is 6.41. The largest absolute Gasteiger partial charge is 0.315 e. The SMILES string of the molecule is C#CCCCn1cncc2nc(Sc3cc(C)ccc3C)nc1-2. The molecule has 0 fully saturated rings. The second kappa shape index (κ2) is 6.84. The zero-order valence-corrected chi connectivity index (χ0v) is 14.1. The highest BCUT2D eigenvalue weighted by Gasteiger charge is 2.16. The lowest BCUT2D eigenvalue weighted by atomic mass is 10.2. The number of aromatic nitrogens is 4. The van der Waals surface area contributed by atoms with E-state index in [4.69, 9.17) is 6.42 Å². The molecule has 0 amide bonds. The van der Waals surface area contributed by atoms with Gasteiger partial charge in [0.05, 0.1) is 12.5 Å². The molecule has 116 valence electrons. The first kappa shape index (κ1) is 15.6. The summed E-state index contributed by atoms with van der Waals surface area (Å²) in [4.78, 5) is 14.7. The Morgan fingerprint density at radius 3 is 2.96 bits per heavy atom. The summed E-state index contributed by atoms with van der Waals surface area (Å²) in [7, 11) is 0. The van der Waals surface area contributed by atoms with E-state index in [0.29, 0.717) is 0 Å². The van der Waals surface area contributed by atoms with E-state index >= 15 is 0 Å². The molecule has 2 aliphatic heterocycles. The number of hydrogen-bond acceptors (Lipinski definition) is 4. The molecule has 0 saturated heterocycles. The lowest BCUT2D eigenvalue weighted by Crippen LogP contribution is -2.04. The molecular formula is C18H18N4S. The van der Waals surface area contributed by atoms with Gasteiger partial charge in [-0.05, 0) is 49.2 Å². The van der Waals surface area contributed by atoms with Crippen molar-refractivity contribution < 1.29 is 0 Å². The third kappa shape index (κ3) is 3.54. The van der Waals surface area contributed by atoms with Crippen molar-refractivity contribution in [3.05, 3.63) is 41.9 Å². The molecule has 0 unspecified atom stereocenters. The molecule has 0 saturated carbocycles. The van der Waals surface area contributed by atoms with Gasteiger partial charge in [-0.2, -0.15) is 0 Å². The number of aryl methyl sites for hydroxylation is 3. The summed E-state index contributed by atoms with van der Waals surface area (Å²) in [6.45, 7) is 5.00. The number of fused-ring (bicyclic) bond motifs is 1. The fraction of sp³-hybridized carbons (Fsp3) is 0.278. The first-order valence-corrected chi connectivity index (χ1v) is 8.35. The smallest absolute Gasteiger partial charge is 0.195 e. The molecule has 0 N–H and O–H groups in total. The average molecular weight is 322 g/mol. The van der Waals surface area contributed by atoms with Gasteiger partial charge in [-0.3, -0.25) is 0 Å². The average Bonchev–Trinajstić information content (AvgIpc) is 2.94. The van der Waals surface area contributed by atoms with Crippen LogP contribution in [0.15, 0.2) is 40.8 Å². The second-order valence-electron chi connectivity index (χ2n) is 5.48. The van der Waals surface area contributed by atoms with Crippen molar-refractivity contribution in [1.82, 2.24) is 19.5 Å². The van der Waals surface area contributed by atoms with Crippen LogP contribution in [0.1, 0.15) is 24.0 Å². The van der Waals surface area contributed by atoms with Crippen LogP contribution in [-0.2, 0) is 6.54 Å². The Morgan fingerprint density at radius 2 is 2.13 bits per heavy atom. The first-order valence-electron chi connectivity index (χ1n) is 7.54. The lowest BCUT2D eigenvalue weighted by Gasteiger charge is -2.07. The van der Waals surface area contributed by atoms with Gasteiger partial charge in [0, 0.05) is 17.9 Å². The molecule has 0 spiro atoms. The zero-order chi connectivity index (χ0) is 16.2. The Morgan fingerprint density at radius 1 is 1.26 bits per heavy atom. The van der Waals surface area contributed by atoms with Gasteiger partial charge < -0.3 is 4.57 Å². The van der Waals surface area contributed by atoms with Gasteiger partial charge in [0.2, 0.25) is 0 Å². The van der Waals surface area contributed by atoms with Crippen LogP contribution in [0.5, 0.6) is 0 Å². The lowest BCUT2D eigenvalue weighted by molar-refractivity contribution is 0.637. The van der Waals surface area contributed by atoms with Gasteiger partial charge in [0.25, 0.3) is 0 Å². The van der Waals surface area contributed by atoms with Crippen LogP contribution in [0.2, 0.25) is 0 Å². The van der Waals surface area contributed by atoms with Crippen molar-refractivity contribution in [2.45, 2.75) is 43.3 Å². The first-order chi connectivity index (χ1) is 11.2. The van der Waals surface area contributed by atoms with Crippen molar-refractivity contribution in [1.29, 1.82) is 0 Å². The Labute approximate surface area is 140 Å². The molecule has 0 radical (unpaired) electrons. The molecule has 1 aromatic carbocycles. The van der Waals surface area contributed by atoms with Gasteiger partial charge in [-0.15, -0.1) is 12.3 Å². The van der Waals surface area contributed by atoms with Crippen LogP contribution in [-0.4, -0.2) is 19.5 Å². The minimum atomic E-state index is 0.752. The predicted molar refractivity (Wildman–Crippen MR) is 92.5 cm³/mol. The van der Waals surface area contributed by atoms with Gasteiger partial charge in [0.15, 0.2) is 11.0 Å². The standard InChI is InChI=1S/C18H18N4S/c1-4-5-6-9-22-12-19-11-15-17(22)21-18(20-15)23-16-10-13(2)7-8-14(16)3/h1,7-8,10-12H,5-6,9H2,2-3H3. The molecule has 0 aliphatic carbocycles. The molecule has 5 heteroatoms. The van der Waals surface area contributed by atoms with Gasteiger partial charge in [0.1, 0.15) is 5.69 Å². The third-order valence-electron chi connectivity index (χ3n) is 3.59. The van der Waals surface area contributed by atoms with E-state index < -0.39 is 0 Å². The Kier molecular flexibility index (Phi) is 4.63. The fourth-order valence-electron chi connectivity index (χ4n) is 2.34. The summed E-state index contributed by atoms with van der Waals surface area (Å²) in [5.74, 6) is 3.53. The minimum Gasteiger partial charge on any atom is -0.315 e. The quantitative estimate of drug-likeness (QED) is 0.527. The number of unbranched alkanes of at least 4 members (excludes halogenated alkanes) is 1. The highest BCUT2D eigenvalue weighted by atomic mass is 32.2. The monoisotopic (exact) mass is 322 g/mol. The maximum atomic E-state index is 5.32. The molecule has 0 aromatic heterocycles. The van der Waals surface area contributed by atoms with E-state index in [0.717, 1.165) is 36.1 Å². The Bertz CT molecular complexity index is 831. The molecular weight excluding hydrogens is 304 g/mol. The Hall–Kier alpha value is -2.32. The van der Waals surface area contributed by atoms with Crippen molar-refractivity contribution in [2.75, 3.05) is 0 Å². The second-order valence-corrected chi connectivity index (χ2v) is 6.49. The molecule has 0 atom stereocenters. The normalized spacial score (nSPS) is 10.8. The van der Waals surface area contributed by atoms with Gasteiger partial charge in [-0.1, -0.05) is 12.1 Å². The van der Waals surface area contributed by atoms with Crippen LogP contribution in [0.3, 0.4) is 0 Å². The maximum Gasteiger partial charge on any atom is 0.195 e. The van der Waals surface area contributed by atoms with Crippen LogP contribution >= 0.6 is 11.8 Å². The molecule has 4 nitrogen and oxygen atoms in total. The topological polar surface area (TPSA) is 43.6 Å². The van der Waals surface area contributed by atoms with E-state index in [1.54, 1.807) is 24.3 Å². The summed E-state index contributed by atoms with van der Waals surface area (Å²) in [6.07, 6.45) is 10.5. The van der Waals surface area contributed by atoms with Crippen LogP contribution < -0.4 is 0 Å². The number of terminal acetylenes is 1. The molecule has 1 aromatic rings. The molecule has 2 heterocycles. The fourth-order valence-corrected chi connectivity index (χ4v) is 3.29. The van der Waals surface area contributed by atoms with Crippen molar-refractivity contribution in [3.8, 4) is 23.9 Å². The van der Waals surface area contributed by atoms with Crippen molar-refractivity contribution >= 4 is 11.8 Å². The van der Waals surface area contributed by atoms with Gasteiger partial charge >= 0.3 is 0 Å². The van der Waals surface area contributed by atoms with E-state index in [2.05, 4.69) is 52.9 Å². The number of rotatable bonds is 5. The minimum absolute atomic E-state index is 0.752. The highest BCUT2D eigenvalue weighted by Crippen LogP contribution is 2.31. The zero-order valence-electron chi connectivity index (χ0n) is 13.3. The summed E-state index contributed by atoms with van der Waals surface area (Å²) in [5.41, 5.74) is 3.29. The molecule has 23 heavy (non-hydrogen) atoms. The highest BCUT2D eigenvalue weighted by molar-refractivity contribution is 7.99. The number of nitrogens with zero attached hydrogens (tertiary/aromatic N) is 4. The predicted octanol–water partition coefficient (Wildman–Crippen LogP) is 3.96. The van der Waals surface area contributed by atoms with Crippen LogP contribution in [0.4, 0.5) is 0 Å². The van der Waals surface area contributed by atoms with E-state index in [-0.39, 0.29) is 0 Å². The third-order valence-corrected chi connectivity index (χ3v) is 4.61. The Balaban J connectivity index is 1.88. The summed E-state index contributed by atoms with van der Waals surface area (Å²) >= 11 is 1.60. The van der Waals surface area contributed by atoms with E-state index in [9.17, 15) is 0 Å². The van der Waals surface area contributed by atoms with Crippen molar-refractivity contribution in [3.63, 3.8) is 0 Å².